The van der Waals surface area contributed by atoms with E-state index >= 15 is 0 Å². The van der Waals surface area contributed by atoms with E-state index in [1.807, 2.05) is 0 Å². The number of nitrogens with zero attached hydrogens (tertiary/aromatic N) is 2. The zero-order valence-corrected chi connectivity index (χ0v) is 12.9. The number of aliphatic carboxylic acids is 1. The van der Waals surface area contributed by atoms with Gasteiger partial charge in [-0.3, -0.25) is 4.79 Å². The third-order valence-electron chi connectivity index (χ3n) is 5.16. The van der Waals surface area contributed by atoms with Gasteiger partial charge in [0, 0.05) is 23.5 Å². The van der Waals surface area contributed by atoms with Crippen molar-refractivity contribution < 1.29 is 9.90 Å². The zero-order valence-electron chi connectivity index (χ0n) is 12.0. The van der Waals surface area contributed by atoms with E-state index in [1.54, 1.807) is 11.3 Å². The van der Waals surface area contributed by atoms with Crippen molar-refractivity contribution in [1.82, 2.24) is 9.88 Å². The molecule has 0 amide bonds. The van der Waals surface area contributed by atoms with Crippen molar-refractivity contribution in [3.8, 4) is 0 Å². The lowest BCUT2D eigenvalue weighted by molar-refractivity contribution is -0.138. The molecular formula is C15H21N3O2S. The number of nitrogens with one attached hydrogen (secondary N) is 1. The molecule has 21 heavy (non-hydrogen) atoms. The van der Waals surface area contributed by atoms with E-state index in [-0.39, 0.29) is 5.92 Å². The standard InChI is InChI=1S/C15H21N3O2S/c19-14(20)11-3-4-12-13(11)17-15(21-12)16-9-5-7-18-6-1-2-10(18)8-9/h9-11H,1-8H2,(H,16,17)(H,19,20). The summed E-state index contributed by atoms with van der Waals surface area (Å²) in [5, 5.41) is 13.7. The molecule has 0 radical (unpaired) electrons. The summed E-state index contributed by atoms with van der Waals surface area (Å²) < 4.78 is 0. The Hall–Kier alpha value is -1.14. The largest absolute Gasteiger partial charge is 0.481 e. The lowest BCUT2D eigenvalue weighted by Crippen LogP contribution is -2.42. The maximum Gasteiger partial charge on any atom is 0.312 e. The quantitative estimate of drug-likeness (QED) is 0.897. The van der Waals surface area contributed by atoms with Crippen molar-refractivity contribution in [2.45, 2.75) is 56.5 Å². The van der Waals surface area contributed by atoms with Crippen LogP contribution in [0, 0.1) is 0 Å². The molecule has 2 aliphatic heterocycles. The number of rotatable bonds is 3. The second-order valence-electron chi connectivity index (χ2n) is 6.45. The molecule has 6 heteroatoms. The fourth-order valence-electron chi connectivity index (χ4n) is 4.06. The van der Waals surface area contributed by atoms with Gasteiger partial charge in [-0.2, -0.15) is 0 Å². The average molecular weight is 307 g/mol. The molecule has 3 heterocycles. The summed E-state index contributed by atoms with van der Waals surface area (Å²) in [7, 11) is 0. The maximum absolute atomic E-state index is 11.2. The number of aromatic nitrogens is 1. The van der Waals surface area contributed by atoms with E-state index in [0.29, 0.717) is 12.5 Å². The van der Waals surface area contributed by atoms with Crippen LogP contribution in [0.4, 0.5) is 5.13 Å². The van der Waals surface area contributed by atoms with Crippen molar-refractivity contribution in [1.29, 1.82) is 0 Å². The van der Waals surface area contributed by atoms with E-state index < -0.39 is 5.97 Å². The number of piperidine rings is 1. The molecule has 2 fully saturated rings. The van der Waals surface area contributed by atoms with Gasteiger partial charge in [-0.05, 0) is 45.1 Å². The molecule has 0 bridgehead atoms. The van der Waals surface area contributed by atoms with Gasteiger partial charge in [0.1, 0.15) is 5.92 Å². The third kappa shape index (κ3) is 2.44. The van der Waals surface area contributed by atoms with Gasteiger partial charge in [0.15, 0.2) is 5.13 Å². The van der Waals surface area contributed by atoms with E-state index in [4.69, 9.17) is 0 Å². The van der Waals surface area contributed by atoms with Gasteiger partial charge in [-0.1, -0.05) is 0 Å². The summed E-state index contributed by atoms with van der Waals surface area (Å²) in [4.78, 5) is 19.6. The summed E-state index contributed by atoms with van der Waals surface area (Å²) in [6.07, 6.45) is 6.61. The van der Waals surface area contributed by atoms with Gasteiger partial charge in [-0.15, -0.1) is 11.3 Å². The number of thiazole rings is 1. The number of hydrogen-bond acceptors (Lipinski definition) is 5. The zero-order chi connectivity index (χ0) is 14.4. The predicted octanol–water partition coefficient (Wildman–Crippen LogP) is 2.30. The first kappa shape index (κ1) is 13.5. The summed E-state index contributed by atoms with van der Waals surface area (Å²) in [5.41, 5.74) is 0.813. The van der Waals surface area contributed by atoms with Gasteiger partial charge < -0.3 is 15.3 Å². The second kappa shape index (κ2) is 5.25. The Labute approximate surface area is 128 Å². The molecule has 2 N–H and O–H groups in total. The van der Waals surface area contributed by atoms with Gasteiger partial charge in [0.25, 0.3) is 0 Å². The molecule has 3 atom stereocenters. The molecule has 2 saturated heterocycles. The number of anilines is 1. The van der Waals surface area contributed by atoms with Gasteiger partial charge in [0.05, 0.1) is 5.69 Å². The van der Waals surface area contributed by atoms with E-state index in [9.17, 15) is 9.90 Å². The Morgan fingerprint density at radius 1 is 1.33 bits per heavy atom. The topological polar surface area (TPSA) is 65.5 Å². The number of carbonyl (C=O) groups is 1. The Bertz CT molecular complexity index is 559. The van der Waals surface area contributed by atoms with E-state index in [2.05, 4.69) is 15.2 Å². The Morgan fingerprint density at radius 3 is 3.10 bits per heavy atom. The fraction of sp³-hybridized carbons (Fsp3) is 0.733. The minimum Gasteiger partial charge on any atom is -0.481 e. The van der Waals surface area contributed by atoms with Crippen LogP contribution < -0.4 is 5.32 Å². The minimum absolute atomic E-state index is 0.386. The van der Waals surface area contributed by atoms with Crippen LogP contribution in [-0.2, 0) is 11.2 Å². The molecule has 1 aromatic heterocycles. The highest BCUT2D eigenvalue weighted by atomic mass is 32.1. The molecule has 0 aromatic carbocycles. The maximum atomic E-state index is 11.2. The molecule has 1 aromatic rings. The highest BCUT2D eigenvalue weighted by Gasteiger charge is 2.34. The summed E-state index contributed by atoms with van der Waals surface area (Å²) >= 11 is 1.66. The normalized spacial score (nSPS) is 31.9. The van der Waals surface area contributed by atoms with Crippen LogP contribution in [0.3, 0.4) is 0 Å². The van der Waals surface area contributed by atoms with Crippen LogP contribution in [0.1, 0.15) is 48.6 Å². The Morgan fingerprint density at radius 2 is 2.24 bits per heavy atom. The molecular weight excluding hydrogens is 286 g/mol. The first-order valence-corrected chi connectivity index (χ1v) is 8.75. The average Bonchev–Trinajstić information content (AvgIpc) is 3.11. The van der Waals surface area contributed by atoms with Crippen molar-refractivity contribution in [3.63, 3.8) is 0 Å². The fourth-order valence-corrected chi connectivity index (χ4v) is 5.17. The first-order valence-electron chi connectivity index (χ1n) is 7.93. The summed E-state index contributed by atoms with van der Waals surface area (Å²) in [5.74, 6) is -1.12. The van der Waals surface area contributed by atoms with Gasteiger partial charge in [0.2, 0.25) is 0 Å². The number of fused-ring (bicyclic) bond motifs is 2. The number of carboxylic acid groups (broad SMARTS) is 1. The van der Waals surface area contributed by atoms with Crippen LogP contribution >= 0.6 is 11.3 Å². The second-order valence-corrected chi connectivity index (χ2v) is 7.54. The lowest BCUT2D eigenvalue weighted by Gasteiger charge is -2.35. The smallest absolute Gasteiger partial charge is 0.312 e. The van der Waals surface area contributed by atoms with Crippen molar-refractivity contribution in [2.24, 2.45) is 0 Å². The number of aryl methyl sites for hydroxylation is 1. The predicted molar refractivity (Wildman–Crippen MR) is 82.1 cm³/mol. The number of carboxylic acids is 1. The third-order valence-corrected chi connectivity index (χ3v) is 6.23. The first-order chi connectivity index (χ1) is 10.2. The summed E-state index contributed by atoms with van der Waals surface area (Å²) in [6, 6.07) is 1.24. The monoisotopic (exact) mass is 307 g/mol. The molecule has 4 rings (SSSR count). The lowest BCUT2D eigenvalue weighted by atomic mass is 9.98. The van der Waals surface area contributed by atoms with E-state index in [0.717, 1.165) is 23.3 Å². The SMILES string of the molecule is O=C(O)C1CCc2sc(NC3CCN4CCCC4C3)nc21. The van der Waals surface area contributed by atoms with Gasteiger partial charge in [-0.25, -0.2) is 4.98 Å². The molecule has 114 valence electrons. The Kier molecular flexibility index (Phi) is 3.38. The number of hydrogen-bond donors (Lipinski definition) is 2. The van der Waals surface area contributed by atoms with Crippen molar-refractivity contribution in [2.75, 3.05) is 18.4 Å². The van der Waals surface area contributed by atoms with Gasteiger partial charge >= 0.3 is 5.97 Å². The highest BCUT2D eigenvalue weighted by Crippen LogP contribution is 2.39. The van der Waals surface area contributed by atoms with Crippen LogP contribution in [0.15, 0.2) is 0 Å². The molecule has 0 spiro atoms. The molecule has 3 aliphatic rings. The minimum atomic E-state index is -0.732. The van der Waals surface area contributed by atoms with Crippen LogP contribution in [0.5, 0.6) is 0 Å². The highest BCUT2D eigenvalue weighted by molar-refractivity contribution is 7.15. The molecule has 1 aliphatic carbocycles. The van der Waals surface area contributed by atoms with Crippen molar-refractivity contribution >= 4 is 22.4 Å². The van der Waals surface area contributed by atoms with E-state index in [1.165, 1.54) is 43.6 Å². The van der Waals surface area contributed by atoms with Crippen molar-refractivity contribution in [3.05, 3.63) is 10.6 Å². The molecule has 5 nitrogen and oxygen atoms in total. The van der Waals surface area contributed by atoms with Crippen LogP contribution in [-0.4, -0.2) is 46.1 Å². The van der Waals surface area contributed by atoms with Crippen LogP contribution in [0.2, 0.25) is 0 Å². The molecule has 3 unspecified atom stereocenters. The Balaban J connectivity index is 1.44. The summed E-state index contributed by atoms with van der Waals surface area (Å²) in [6.45, 7) is 2.45. The molecule has 0 saturated carbocycles. The van der Waals surface area contributed by atoms with Crippen LogP contribution in [0.25, 0.3) is 0 Å².